The van der Waals surface area contributed by atoms with Gasteiger partial charge in [0.1, 0.15) is 11.6 Å². The van der Waals surface area contributed by atoms with E-state index in [4.69, 9.17) is 16.3 Å². The van der Waals surface area contributed by atoms with Gasteiger partial charge in [-0.2, -0.15) is 9.78 Å². The zero-order valence-electron chi connectivity index (χ0n) is 14.6. The molecule has 2 heterocycles. The second-order valence-corrected chi connectivity index (χ2v) is 7.26. The van der Waals surface area contributed by atoms with Crippen LogP contribution < -0.4 is 10.1 Å². The van der Waals surface area contributed by atoms with Crippen molar-refractivity contribution in [2.45, 2.75) is 6.92 Å². The van der Waals surface area contributed by atoms with Crippen LogP contribution in [0.15, 0.2) is 48.5 Å². The fourth-order valence-electron chi connectivity index (χ4n) is 2.67. The number of methoxy groups -OCH3 is 1. The standard InChI is InChI=1S/C19H15ClN4O2S/c1-11-9-17(22-18(25)13-5-3-4-6-14(13)20)24(23-11)19-21-15-8-7-12(26-2)10-16(15)27-19/h3-10H,1-2H3,(H,22,25). The number of fused-ring (bicyclic) bond motifs is 1. The lowest BCUT2D eigenvalue weighted by molar-refractivity contribution is 0.102. The minimum Gasteiger partial charge on any atom is -0.497 e. The summed E-state index contributed by atoms with van der Waals surface area (Å²) in [7, 11) is 1.63. The maximum atomic E-state index is 12.6. The van der Waals surface area contributed by atoms with Gasteiger partial charge in [0.15, 0.2) is 0 Å². The van der Waals surface area contributed by atoms with E-state index in [-0.39, 0.29) is 5.91 Å². The number of aryl methyl sites for hydroxylation is 1. The number of hydrogen-bond donors (Lipinski definition) is 1. The summed E-state index contributed by atoms with van der Waals surface area (Å²) in [6.45, 7) is 1.86. The Bertz CT molecular complexity index is 1150. The molecule has 0 spiro atoms. The molecule has 2 aromatic carbocycles. The molecule has 0 aliphatic carbocycles. The molecule has 0 atom stereocenters. The van der Waals surface area contributed by atoms with Gasteiger partial charge in [0.2, 0.25) is 5.13 Å². The first-order valence-electron chi connectivity index (χ1n) is 8.12. The molecule has 8 heteroatoms. The smallest absolute Gasteiger partial charge is 0.258 e. The highest BCUT2D eigenvalue weighted by molar-refractivity contribution is 7.20. The number of carbonyl (C=O) groups excluding carboxylic acids is 1. The first-order valence-corrected chi connectivity index (χ1v) is 9.32. The number of anilines is 1. The molecule has 1 amide bonds. The van der Waals surface area contributed by atoms with Gasteiger partial charge < -0.3 is 10.1 Å². The van der Waals surface area contributed by atoms with E-state index in [1.807, 2.05) is 25.1 Å². The van der Waals surface area contributed by atoms with Crippen LogP contribution in [-0.2, 0) is 0 Å². The third kappa shape index (κ3) is 3.39. The highest BCUT2D eigenvalue weighted by Gasteiger charge is 2.17. The predicted octanol–water partition coefficient (Wildman–Crippen LogP) is 4.70. The Hall–Kier alpha value is -2.90. The van der Waals surface area contributed by atoms with Gasteiger partial charge in [-0.25, -0.2) is 4.98 Å². The number of aromatic nitrogens is 3. The van der Waals surface area contributed by atoms with Crippen molar-refractivity contribution < 1.29 is 9.53 Å². The van der Waals surface area contributed by atoms with E-state index in [9.17, 15) is 4.79 Å². The van der Waals surface area contributed by atoms with Crippen LogP contribution in [-0.4, -0.2) is 27.8 Å². The summed E-state index contributed by atoms with van der Waals surface area (Å²) < 4.78 is 7.86. The Morgan fingerprint density at radius 1 is 1.22 bits per heavy atom. The summed E-state index contributed by atoms with van der Waals surface area (Å²) in [6.07, 6.45) is 0. The quantitative estimate of drug-likeness (QED) is 0.540. The second kappa shape index (κ2) is 7.02. The topological polar surface area (TPSA) is 69.0 Å². The van der Waals surface area contributed by atoms with Crippen LogP contribution in [0.3, 0.4) is 0 Å². The molecule has 27 heavy (non-hydrogen) atoms. The normalized spacial score (nSPS) is 10.9. The number of nitrogens with zero attached hydrogens (tertiary/aromatic N) is 3. The van der Waals surface area contributed by atoms with E-state index in [1.54, 1.807) is 42.1 Å². The Balaban J connectivity index is 1.71. The number of thiazole rings is 1. The third-order valence-corrected chi connectivity index (χ3v) is 5.28. The molecule has 136 valence electrons. The highest BCUT2D eigenvalue weighted by atomic mass is 35.5. The zero-order valence-corrected chi connectivity index (χ0v) is 16.1. The summed E-state index contributed by atoms with van der Waals surface area (Å²) in [6, 6.07) is 14.4. The van der Waals surface area contributed by atoms with Gasteiger partial charge in [-0.1, -0.05) is 35.1 Å². The summed E-state index contributed by atoms with van der Waals surface area (Å²) in [5, 5.41) is 8.39. The molecule has 0 fully saturated rings. The number of rotatable bonds is 4. The van der Waals surface area contributed by atoms with E-state index >= 15 is 0 Å². The van der Waals surface area contributed by atoms with Gasteiger partial charge in [0, 0.05) is 6.07 Å². The maximum Gasteiger partial charge on any atom is 0.258 e. The van der Waals surface area contributed by atoms with Crippen molar-refractivity contribution in [3.8, 4) is 10.9 Å². The molecule has 0 radical (unpaired) electrons. The molecule has 0 saturated heterocycles. The molecular weight excluding hydrogens is 384 g/mol. The Morgan fingerprint density at radius 3 is 2.81 bits per heavy atom. The summed E-state index contributed by atoms with van der Waals surface area (Å²) in [4.78, 5) is 17.2. The lowest BCUT2D eigenvalue weighted by Crippen LogP contribution is -2.15. The molecule has 0 aliphatic heterocycles. The number of halogens is 1. The van der Waals surface area contributed by atoms with E-state index in [2.05, 4.69) is 15.4 Å². The minimum atomic E-state index is -0.301. The van der Waals surface area contributed by atoms with Crippen molar-refractivity contribution in [1.82, 2.24) is 14.8 Å². The summed E-state index contributed by atoms with van der Waals surface area (Å²) >= 11 is 7.59. The Morgan fingerprint density at radius 2 is 2.04 bits per heavy atom. The van der Waals surface area contributed by atoms with Gasteiger partial charge >= 0.3 is 0 Å². The number of carbonyl (C=O) groups is 1. The van der Waals surface area contributed by atoms with Crippen molar-refractivity contribution in [3.05, 3.63) is 64.8 Å². The molecule has 6 nitrogen and oxygen atoms in total. The first-order chi connectivity index (χ1) is 13.0. The summed E-state index contributed by atoms with van der Waals surface area (Å²) in [5.41, 5.74) is 2.01. The third-order valence-electron chi connectivity index (χ3n) is 3.96. The molecule has 4 rings (SSSR count). The van der Waals surface area contributed by atoms with Crippen molar-refractivity contribution in [2.75, 3.05) is 12.4 Å². The lowest BCUT2D eigenvalue weighted by Gasteiger charge is -2.07. The zero-order chi connectivity index (χ0) is 19.0. The van der Waals surface area contributed by atoms with E-state index < -0.39 is 0 Å². The lowest BCUT2D eigenvalue weighted by atomic mass is 10.2. The van der Waals surface area contributed by atoms with Crippen LogP contribution in [0.2, 0.25) is 5.02 Å². The van der Waals surface area contributed by atoms with Gasteiger partial charge in [0.25, 0.3) is 5.91 Å². The van der Waals surface area contributed by atoms with Crippen molar-refractivity contribution in [2.24, 2.45) is 0 Å². The van der Waals surface area contributed by atoms with Crippen molar-refractivity contribution >= 4 is 44.9 Å². The van der Waals surface area contributed by atoms with Crippen LogP contribution in [0, 0.1) is 6.92 Å². The Kier molecular flexibility index (Phi) is 4.55. The molecule has 4 aromatic rings. The first kappa shape index (κ1) is 17.5. The number of ether oxygens (including phenoxy) is 1. The number of hydrogen-bond acceptors (Lipinski definition) is 5. The van der Waals surface area contributed by atoms with Crippen LogP contribution in [0.1, 0.15) is 16.1 Å². The van der Waals surface area contributed by atoms with Crippen LogP contribution in [0.4, 0.5) is 5.82 Å². The van der Waals surface area contributed by atoms with Crippen molar-refractivity contribution in [1.29, 1.82) is 0 Å². The maximum absolute atomic E-state index is 12.6. The molecule has 0 saturated carbocycles. The fourth-order valence-corrected chi connectivity index (χ4v) is 3.85. The largest absolute Gasteiger partial charge is 0.497 e. The molecular formula is C19H15ClN4O2S. The molecule has 0 unspecified atom stereocenters. The Labute approximate surface area is 164 Å². The average molecular weight is 399 g/mol. The highest BCUT2D eigenvalue weighted by Crippen LogP contribution is 2.30. The van der Waals surface area contributed by atoms with E-state index in [1.165, 1.54) is 11.3 Å². The molecule has 1 N–H and O–H groups in total. The van der Waals surface area contributed by atoms with E-state index in [0.29, 0.717) is 21.5 Å². The SMILES string of the molecule is COc1ccc2nc(-n3nc(C)cc3NC(=O)c3ccccc3Cl)sc2c1. The van der Waals surface area contributed by atoms with Crippen molar-refractivity contribution in [3.63, 3.8) is 0 Å². The number of nitrogens with one attached hydrogen (secondary N) is 1. The monoisotopic (exact) mass is 398 g/mol. The minimum absolute atomic E-state index is 0.301. The molecule has 0 bridgehead atoms. The second-order valence-electron chi connectivity index (χ2n) is 5.85. The molecule has 2 aromatic heterocycles. The number of benzene rings is 2. The predicted molar refractivity (Wildman–Crippen MR) is 107 cm³/mol. The number of amides is 1. The molecule has 0 aliphatic rings. The van der Waals surface area contributed by atoms with Gasteiger partial charge in [-0.05, 0) is 37.3 Å². The van der Waals surface area contributed by atoms with E-state index in [0.717, 1.165) is 21.7 Å². The summed E-state index contributed by atoms with van der Waals surface area (Å²) in [5.74, 6) is 0.995. The average Bonchev–Trinajstić information content (AvgIpc) is 3.24. The van der Waals surface area contributed by atoms with Crippen LogP contribution >= 0.6 is 22.9 Å². The van der Waals surface area contributed by atoms with Crippen LogP contribution in [0.25, 0.3) is 15.3 Å². The van der Waals surface area contributed by atoms with Crippen LogP contribution in [0.5, 0.6) is 5.75 Å². The van der Waals surface area contributed by atoms with Gasteiger partial charge in [-0.3, -0.25) is 4.79 Å². The fraction of sp³-hybridized carbons (Fsp3) is 0.105. The van der Waals surface area contributed by atoms with Gasteiger partial charge in [-0.15, -0.1) is 0 Å². The van der Waals surface area contributed by atoms with Gasteiger partial charge in [0.05, 0.1) is 33.6 Å².